The zero-order chi connectivity index (χ0) is 13.5. The average Bonchev–Trinajstić information content (AvgIpc) is 2.32. The molecule has 3 saturated carbocycles. The summed E-state index contributed by atoms with van der Waals surface area (Å²) in [5, 5.41) is 3.26. The second-order valence-corrected chi connectivity index (χ2v) is 6.68. The number of nitrogens with zero attached hydrogens (tertiary/aromatic N) is 1. The Bertz CT molecular complexity index is 322. The number of carbonyl (C=O) groups excluding carboxylic acids is 1. The fourth-order valence-electron chi connectivity index (χ4n) is 4.10. The van der Waals surface area contributed by atoms with Crippen LogP contribution in [0.1, 0.15) is 47.5 Å². The van der Waals surface area contributed by atoms with Crippen molar-refractivity contribution in [2.75, 3.05) is 13.1 Å². The van der Waals surface area contributed by atoms with Crippen LogP contribution in [-0.4, -0.2) is 30.1 Å². The van der Waals surface area contributed by atoms with Crippen LogP contribution in [0.3, 0.4) is 0 Å². The van der Waals surface area contributed by atoms with Gasteiger partial charge >= 0.3 is 6.03 Å². The van der Waals surface area contributed by atoms with Crippen molar-refractivity contribution in [3.05, 3.63) is 0 Å². The Morgan fingerprint density at radius 2 is 1.89 bits per heavy atom. The van der Waals surface area contributed by atoms with Gasteiger partial charge in [0, 0.05) is 19.1 Å². The van der Waals surface area contributed by atoms with Gasteiger partial charge in [0.15, 0.2) is 0 Å². The lowest BCUT2D eigenvalue weighted by Crippen LogP contribution is -2.61. The van der Waals surface area contributed by atoms with E-state index in [4.69, 9.17) is 0 Å². The van der Waals surface area contributed by atoms with Crippen LogP contribution < -0.4 is 5.32 Å². The molecule has 0 spiro atoms. The number of hydrogen-bond donors (Lipinski definition) is 1. The number of urea groups is 1. The van der Waals surface area contributed by atoms with Gasteiger partial charge in [-0.05, 0) is 49.9 Å². The van der Waals surface area contributed by atoms with E-state index in [0.717, 1.165) is 31.3 Å². The molecule has 2 bridgehead atoms. The largest absolute Gasteiger partial charge is 0.335 e. The number of amides is 2. The van der Waals surface area contributed by atoms with E-state index in [9.17, 15) is 4.79 Å². The van der Waals surface area contributed by atoms with E-state index in [1.807, 2.05) is 18.7 Å². The summed E-state index contributed by atoms with van der Waals surface area (Å²) in [4.78, 5) is 14.0. The van der Waals surface area contributed by atoms with Crippen LogP contribution in [0.25, 0.3) is 0 Å². The molecule has 4 atom stereocenters. The highest BCUT2D eigenvalue weighted by Gasteiger charge is 2.56. The Hall–Kier alpha value is -0.730. The zero-order valence-electron chi connectivity index (χ0n) is 12.5. The molecule has 104 valence electrons. The topological polar surface area (TPSA) is 32.3 Å². The van der Waals surface area contributed by atoms with Gasteiger partial charge in [-0.3, -0.25) is 0 Å². The molecule has 18 heavy (non-hydrogen) atoms. The number of rotatable bonds is 3. The summed E-state index contributed by atoms with van der Waals surface area (Å²) in [6.07, 6.45) is 2.53. The van der Waals surface area contributed by atoms with Crippen molar-refractivity contribution in [2.24, 2.45) is 23.2 Å². The quantitative estimate of drug-likeness (QED) is 0.822. The first kappa shape index (κ1) is 13.7. The molecule has 0 aliphatic heterocycles. The molecule has 3 rings (SSSR count). The minimum atomic E-state index is 0.121. The molecule has 0 aromatic carbocycles. The predicted octanol–water partition coefficient (Wildman–Crippen LogP) is 3.11. The first-order valence-corrected chi connectivity index (χ1v) is 7.47. The minimum absolute atomic E-state index is 0.121. The molecule has 0 aromatic rings. The number of fused-ring (bicyclic) bond motifs is 2. The fourth-order valence-corrected chi connectivity index (χ4v) is 4.10. The molecule has 0 saturated heterocycles. The first-order chi connectivity index (χ1) is 8.41. The van der Waals surface area contributed by atoms with Crippen molar-refractivity contribution >= 4 is 6.03 Å². The molecule has 3 nitrogen and oxygen atoms in total. The molecule has 0 aromatic heterocycles. The van der Waals surface area contributed by atoms with Gasteiger partial charge in [0.2, 0.25) is 0 Å². The Kier molecular flexibility index (Phi) is 3.61. The average molecular weight is 252 g/mol. The van der Waals surface area contributed by atoms with Crippen LogP contribution in [0.2, 0.25) is 0 Å². The third kappa shape index (κ3) is 2.02. The summed E-state index contributed by atoms with van der Waals surface area (Å²) < 4.78 is 0. The number of carbonyl (C=O) groups is 1. The van der Waals surface area contributed by atoms with Crippen molar-refractivity contribution in [2.45, 2.75) is 53.5 Å². The fraction of sp³-hybridized carbons (Fsp3) is 0.933. The highest BCUT2D eigenvalue weighted by molar-refractivity contribution is 5.74. The van der Waals surface area contributed by atoms with Crippen molar-refractivity contribution in [1.29, 1.82) is 0 Å². The van der Waals surface area contributed by atoms with Gasteiger partial charge in [0.05, 0.1) is 0 Å². The molecule has 3 aliphatic rings. The lowest BCUT2D eigenvalue weighted by molar-refractivity contribution is -0.113. The van der Waals surface area contributed by atoms with Crippen molar-refractivity contribution in [3.63, 3.8) is 0 Å². The summed E-state index contributed by atoms with van der Waals surface area (Å²) in [6.45, 7) is 12.8. The molecule has 3 fully saturated rings. The van der Waals surface area contributed by atoms with Crippen LogP contribution in [-0.2, 0) is 0 Å². The third-order valence-corrected chi connectivity index (χ3v) is 5.71. The Morgan fingerprint density at radius 3 is 2.33 bits per heavy atom. The molecule has 0 unspecified atom stereocenters. The van der Waals surface area contributed by atoms with E-state index < -0.39 is 0 Å². The highest BCUT2D eigenvalue weighted by atomic mass is 16.2. The maximum absolute atomic E-state index is 12.1. The number of nitrogens with one attached hydrogen (secondary N) is 1. The van der Waals surface area contributed by atoms with E-state index >= 15 is 0 Å². The molecule has 2 amide bonds. The molecule has 3 heteroatoms. The van der Waals surface area contributed by atoms with Crippen molar-refractivity contribution < 1.29 is 4.79 Å². The second-order valence-electron chi connectivity index (χ2n) is 6.68. The predicted molar refractivity (Wildman–Crippen MR) is 74.4 cm³/mol. The first-order valence-electron chi connectivity index (χ1n) is 7.47. The van der Waals surface area contributed by atoms with Gasteiger partial charge in [0.25, 0.3) is 0 Å². The van der Waals surface area contributed by atoms with E-state index in [1.54, 1.807) is 0 Å². The van der Waals surface area contributed by atoms with E-state index in [2.05, 4.69) is 26.1 Å². The van der Waals surface area contributed by atoms with Crippen molar-refractivity contribution in [3.8, 4) is 0 Å². The summed E-state index contributed by atoms with van der Waals surface area (Å²) >= 11 is 0. The second kappa shape index (κ2) is 4.75. The molecule has 0 radical (unpaired) electrons. The van der Waals surface area contributed by atoms with Gasteiger partial charge in [-0.25, -0.2) is 4.79 Å². The molecule has 1 N–H and O–H groups in total. The normalized spacial score (nSPS) is 36.7. The van der Waals surface area contributed by atoms with Crippen molar-refractivity contribution in [1.82, 2.24) is 10.2 Å². The van der Waals surface area contributed by atoms with Crippen LogP contribution >= 0.6 is 0 Å². The summed E-state index contributed by atoms with van der Waals surface area (Å²) in [7, 11) is 0. The molecule has 3 aliphatic carbocycles. The van der Waals surface area contributed by atoms with Crippen LogP contribution in [0.15, 0.2) is 0 Å². The standard InChI is InChI=1S/C15H28N2O/c1-6-17(7-2)14(18)16-13-9-11-8-12(10(13)3)15(11,4)5/h10-13H,6-9H2,1-5H3,(H,16,18)/t10-,11+,12-,13-/m0/s1. The SMILES string of the molecule is CCN(CC)C(=O)N[C@H]1C[C@H]2C[C@@H]([C@@H]1C)C2(C)C. The maximum Gasteiger partial charge on any atom is 0.317 e. The van der Waals surface area contributed by atoms with Gasteiger partial charge in [-0.1, -0.05) is 20.8 Å². The van der Waals surface area contributed by atoms with Gasteiger partial charge in [0.1, 0.15) is 0 Å². The highest BCUT2D eigenvalue weighted by Crippen LogP contribution is 2.61. The smallest absolute Gasteiger partial charge is 0.317 e. The third-order valence-electron chi connectivity index (χ3n) is 5.71. The van der Waals surface area contributed by atoms with Crippen LogP contribution in [0.5, 0.6) is 0 Å². The number of hydrogen-bond acceptors (Lipinski definition) is 1. The lowest BCUT2D eigenvalue weighted by Gasteiger charge is -2.62. The molecular weight excluding hydrogens is 224 g/mol. The maximum atomic E-state index is 12.1. The van der Waals surface area contributed by atoms with Crippen LogP contribution in [0, 0.1) is 23.2 Å². The molecular formula is C15H28N2O. The summed E-state index contributed by atoms with van der Waals surface area (Å²) in [5.74, 6) is 2.21. The molecule has 0 heterocycles. The summed E-state index contributed by atoms with van der Waals surface area (Å²) in [5.41, 5.74) is 0.496. The Morgan fingerprint density at radius 1 is 1.28 bits per heavy atom. The van der Waals surface area contributed by atoms with E-state index in [0.29, 0.717) is 17.4 Å². The lowest BCUT2D eigenvalue weighted by atomic mass is 9.45. The minimum Gasteiger partial charge on any atom is -0.335 e. The van der Waals surface area contributed by atoms with E-state index in [1.165, 1.54) is 6.42 Å². The van der Waals surface area contributed by atoms with Gasteiger partial charge < -0.3 is 10.2 Å². The summed E-state index contributed by atoms with van der Waals surface area (Å²) in [6, 6.07) is 0.505. The zero-order valence-corrected chi connectivity index (χ0v) is 12.5. The Labute approximate surface area is 111 Å². The van der Waals surface area contributed by atoms with E-state index in [-0.39, 0.29) is 6.03 Å². The monoisotopic (exact) mass is 252 g/mol. The Balaban J connectivity index is 1.95. The van der Waals surface area contributed by atoms with Gasteiger partial charge in [-0.15, -0.1) is 0 Å². The van der Waals surface area contributed by atoms with Gasteiger partial charge in [-0.2, -0.15) is 0 Å². The van der Waals surface area contributed by atoms with Crippen LogP contribution in [0.4, 0.5) is 4.79 Å².